The number of carbonyl (C=O) groups is 1. The maximum Gasteiger partial charge on any atom is 0.208 e. The topological polar surface area (TPSA) is 69.1 Å². The first-order valence-corrected chi connectivity index (χ1v) is 4.41. The molecule has 0 aromatic carbocycles. The molecule has 4 N–H and O–H groups in total. The van der Waals surface area contributed by atoms with Gasteiger partial charge in [0.25, 0.3) is 0 Å². The second kappa shape index (κ2) is 6.06. The van der Waals surface area contributed by atoms with Crippen LogP contribution in [0.2, 0.25) is 0 Å². The van der Waals surface area contributed by atoms with E-state index >= 15 is 0 Å². The van der Waals surface area contributed by atoms with Crippen molar-refractivity contribution in [2.24, 2.45) is 11.5 Å². The number of halogens is 1. The first-order valence-electron chi connectivity index (χ1n) is 3.33. The summed E-state index contributed by atoms with van der Waals surface area (Å²) in [5.41, 5.74) is 10.7. The van der Waals surface area contributed by atoms with Gasteiger partial charge >= 0.3 is 0 Å². The number of carbonyl (C=O) groups excluding carboxylic acids is 1. The minimum Gasteiger partial charge on any atom is -0.330 e. The molecule has 0 aliphatic rings. The van der Waals surface area contributed by atoms with Gasteiger partial charge in [0.1, 0.15) is 0 Å². The van der Waals surface area contributed by atoms with Gasteiger partial charge in [0.2, 0.25) is 3.79 Å². The lowest BCUT2D eigenvalue weighted by Gasteiger charge is -2.03. The Kier molecular flexibility index (Phi) is 6.25. The molecule has 0 aliphatic carbocycles. The molecule has 0 saturated carbocycles. The Balaban J connectivity index is 3.21. The van der Waals surface area contributed by atoms with E-state index in [0.717, 1.165) is 19.3 Å². The molecule has 0 bridgehead atoms. The van der Waals surface area contributed by atoms with Crippen LogP contribution in [0.15, 0.2) is 0 Å². The van der Waals surface area contributed by atoms with E-state index in [9.17, 15) is 4.79 Å². The van der Waals surface area contributed by atoms with E-state index < -0.39 is 0 Å². The highest BCUT2D eigenvalue weighted by Gasteiger charge is 2.07. The van der Waals surface area contributed by atoms with Crippen molar-refractivity contribution in [3.05, 3.63) is 0 Å². The average Bonchev–Trinajstić information content (AvgIpc) is 1.88. The number of hydrogen-bond donors (Lipinski definition) is 2. The maximum atomic E-state index is 10.6. The van der Waals surface area contributed by atoms with Crippen LogP contribution >= 0.6 is 22.6 Å². The largest absolute Gasteiger partial charge is 0.330 e. The molecular weight excluding hydrogens is 243 g/mol. The molecule has 60 valence electrons. The Bertz CT molecular complexity index is 108. The van der Waals surface area contributed by atoms with Crippen molar-refractivity contribution in [2.75, 3.05) is 6.54 Å². The molecule has 0 heterocycles. The van der Waals surface area contributed by atoms with Gasteiger partial charge in [-0.1, -0.05) is 6.42 Å². The fraction of sp³-hybridized carbons (Fsp3) is 0.833. The average molecular weight is 256 g/mol. The minimum atomic E-state index is -0.285. The molecule has 0 radical (unpaired) electrons. The molecule has 1 atom stereocenters. The number of nitrogens with two attached hydrogens (primary N) is 2. The van der Waals surface area contributed by atoms with Gasteiger partial charge in [-0.25, -0.2) is 0 Å². The Morgan fingerprint density at radius 2 is 2.10 bits per heavy atom. The van der Waals surface area contributed by atoms with Gasteiger partial charge in [-0.05, 0) is 19.4 Å². The molecule has 0 spiro atoms. The molecule has 10 heavy (non-hydrogen) atoms. The summed E-state index contributed by atoms with van der Waals surface area (Å²) in [6.07, 6.45) is 2.67. The zero-order valence-corrected chi connectivity index (χ0v) is 8.00. The molecule has 3 nitrogen and oxygen atoms in total. The highest BCUT2D eigenvalue weighted by atomic mass is 127. The monoisotopic (exact) mass is 256 g/mol. The summed E-state index contributed by atoms with van der Waals surface area (Å²) >= 11 is 1.73. The van der Waals surface area contributed by atoms with Crippen LogP contribution in [0.4, 0.5) is 0 Å². The third-order valence-electron chi connectivity index (χ3n) is 1.26. The van der Waals surface area contributed by atoms with E-state index in [0.29, 0.717) is 6.54 Å². The van der Waals surface area contributed by atoms with Crippen LogP contribution in [-0.2, 0) is 4.79 Å². The van der Waals surface area contributed by atoms with Gasteiger partial charge in [0.15, 0.2) is 0 Å². The van der Waals surface area contributed by atoms with Gasteiger partial charge < -0.3 is 11.5 Å². The van der Waals surface area contributed by atoms with Gasteiger partial charge in [0.05, 0.1) is 6.04 Å². The summed E-state index contributed by atoms with van der Waals surface area (Å²) < 4.78 is 0.0367. The van der Waals surface area contributed by atoms with Crippen molar-refractivity contribution in [3.8, 4) is 0 Å². The third kappa shape index (κ3) is 5.13. The summed E-state index contributed by atoms with van der Waals surface area (Å²) in [7, 11) is 0. The SMILES string of the molecule is NCCCC[C@H](N)C(=O)I. The van der Waals surface area contributed by atoms with E-state index in [-0.39, 0.29) is 9.83 Å². The number of unbranched alkanes of at least 4 members (excludes halogenated alkanes) is 1. The molecule has 0 fully saturated rings. The highest BCUT2D eigenvalue weighted by Crippen LogP contribution is 2.02. The molecule has 0 unspecified atom stereocenters. The molecule has 0 aliphatic heterocycles. The molecule has 0 aromatic rings. The predicted octanol–water partition coefficient (Wildman–Crippen LogP) is 0.404. The lowest BCUT2D eigenvalue weighted by molar-refractivity contribution is -0.110. The van der Waals surface area contributed by atoms with Crippen LogP contribution in [0.25, 0.3) is 0 Å². The summed E-state index contributed by atoms with van der Waals surface area (Å²) in [4.78, 5) is 10.6. The first-order chi connectivity index (χ1) is 4.68. The first kappa shape index (κ1) is 10.3. The minimum absolute atomic E-state index is 0.0367. The van der Waals surface area contributed by atoms with Crippen molar-refractivity contribution in [3.63, 3.8) is 0 Å². The molecule has 0 amide bonds. The number of hydrogen-bond acceptors (Lipinski definition) is 3. The van der Waals surface area contributed by atoms with Gasteiger partial charge in [-0.15, -0.1) is 0 Å². The Morgan fingerprint density at radius 3 is 2.50 bits per heavy atom. The predicted molar refractivity (Wildman–Crippen MR) is 49.9 cm³/mol. The van der Waals surface area contributed by atoms with Crippen LogP contribution in [-0.4, -0.2) is 16.4 Å². The van der Waals surface area contributed by atoms with E-state index in [4.69, 9.17) is 11.5 Å². The van der Waals surface area contributed by atoms with Crippen LogP contribution < -0.4 is 11.5 Å². The lowest BCUT2D eigenvalue weighted by atomic mass is 10.1. The van der Waals surface area contributed by atoms with Crippen LogP contribution in [0.5, 0.6) is 0 Å². The standard InChI is InChI=1S/C6H13IN2O/c7-6(10)5(9)3-1-2-4-8/h5H,1-4,8-9H2/t5-/m0/s1. The molecule has 0 aromatic heterocycles. The Labute approximate surface area is 74.7 Å². The van der Waals surface area contributed by atoms with Gasteiger partial charge in [-0.3, -0.25) is 4.79 Å². The van der Waals surface area contributed by atoms with Crippen LogP contribution in [0, 0.1) is 0 Å². The zero-order valence-electron chi connectivity index (χ0n) is 5.85. The second-order valence-corrected chi connectivity index (χ2v) is 3.26. The van der Waals surface area contributed by atoms with Crippen molar-refractivity contribution < 1.29 is 4.79 Å². The van der Waals surface area contributed by atoms with E-state index in [1.807, 2.05) is 0 Å². The highest BCUT2D eigenvalue weighted by molar-refractivity contribution is 14.1. The van der Waals surface area contributed by atoms with E-state index in [2.05, 4.69) is 0 Å². The molecule has 0 rings (SSSR count). The van der Waals surface area contributed by atoms with Crippen molar-refractivity contribution >= 4 is 26.4 Å². The van der Waals surface area contributed by atoms with Crippen LogP contribution in [0.1, 0.15) is 19.3 Å². The molecular formula is C6H13IN2O. The van der Waals surface area contributed by atoms with Gasteiger partial charge in [-0.2, -0.15) is 0 Å². The fourth-order valence-corrected chi connectivity index (χ4v) is 0.933. The summed E-state index contributed by atoms with van der Waals surface area (Å²) in [6, 6.07) is -0.285. The Morgan fingerprint density at radius 1 is 1.50 bits per heavy atom. The summed E-state index contributed by atoms with van der Waals surface area (Å²) in [5, 5.41) is 0. The van der Waals surface area contributed by atoms with Crippen molar-refractivity contribution in [1.82, 2.24) is 0 Å². The van der Waals surface area contributed by atoms with Crippen molar-refractivity contribution in [1.29, 1.82) is 0 Å². The van der Waals surface area contributed by atoms with Crippen molar-refractivity contribution in [2.45, 2.75) is 25.3 Å². The molecule has 0 saturated heterocycles. The van der Waals surface area contributed by atoms with Gasteiger partial charge in [0, 0.05) is 22.6 Å². The summed E-state index contributed by atoms with van der Waals surface area (Å²) in [6.45, 7) is 0.683. The second-order valence-electron chi connectivity index (χ2n) is 2.20. The maximum absolute atomic E-state index is 10.6. The lowest BCUT2D eigenvalue weighted by Crippen LogP contribution is -2.26. The summed E-state index contributed by atoms with van der Waals surface area (Å²) in [5.74, 6) is 0. The van der Waals surface area contributed by atoms with E-state index in [1.165, 1.54) is 0 Å². The third-order valence-corrected chi connectivity index (χ3v) is 2.06. The van der Waals surface area contributed by atoms with E-state index in [1.54, 1.807) is 22.6 Å². The quantitative estimate of drug-likeness (QED) is 0.425. The Hall–Kier alpha value is 0.320. The fourth-order valence-electron chi connectivity index (χ4n) is 0.622. The number of rotatable bonds is 5. The zero-order chi connectivity index (χ0) is 7.98. The smallest absolute Gasteiger partial charge is 0.208 e. The molecule has 4 heteroatoms. The normalized spacial score (nSPS) is 13.1. The van der Waals surface area contributed by atoms with Crippen LogP contribution in [0.3, 0.4) is 0 Å².